The average molecular weight is 267 g/mol. The molecule has 3 nitrogen and oxygen atoms in total. The molecular formula is C14H19ClN2O. The summed E-state index contributed by atoms with van der Waals surface area (Å²) in [4.78, 5) is 16.2. The monoisotopic (exact) mass is 266 g/mol. The minimum absolute atomic E-state index is 0.0843. The summed E-state index contributed by atoms with van der Waals surface area (Å²) in [7, 11) is 0. The molecule has 0 spiro atoms. The van der Waals surface area contributed by atoms with E-state index in [4.69, 9.17) is 11.6 Å². The molecule has 2 atom stereocenters. The maximum absolute atomic E-state index is 11.9. The summed E-state index contributed by atoms with van der Waals surface area (Å²) in [6.07, 6.45) is 3.58. The average Bonchev–Trinajstić information content (AvgIpc) is 2.83. The first-order valence-electron chi connectivity index (χ1n) is 6.48. The van der Waals surface area contributed by atoms with E-state index in [1.54, 1.807) is 6.07 Å². The highest BCUT2D eigenvalue weighted by Gasteiger charge is 2.26. The first kappa shape index (κ1) is 13.3. The quantitative estimate of drug-likeness (QED) is 0.852. The highest BCUT2D eigenvalue weighted by Crippen LogP contribution is 2.31. The van der Waals surface area contributed by atoms with E-state index in [0.29, 0.717) is 30.0 Å². The van der Waals surface area contributed by atoms with Gasteiger partial charge in [0.1, 0.15) is 5.69 Å². The number of amides is 1. The fourth-order valence-electron chi connectivity index (χ4n) is 2.57. The van der Waals surface area contributed by atoms with Crippen LogP contribution >= 0.6 is 11.6 Å². The molecule has 2 rings (SSSR count). The van der Waals surface area contributed by atoms with E-state index in [0.717, 1.165) is 5.69 Å². The van der Waals surface area contributed by atoms with Crippen molar-refractivity contribution in [2.75, 3.05) is 12.4 Å². The van der Waals surface area contributed by atoms with Crippen LogP contribution in [0.4, 0.5) is 0 Å². The first-order chi connectivity index (χ1) is 8.70. The van der Waals surface area contributed by atoms with Crippen molar-refractivity contribution >= 4 is 17.5 Å². The Kier molecular flexibility index (Phi) is 4.59. The number of aromatic nitrogens is 1. The molecule has 1 aromatic heterocycles. The Hall–Kier alpha value is -1.09. The molecule has 18 heavy (non-hydrogen) atoms. The molecule has 1 aliphatic rings. The van der Waals surface area contributed by atoms with Crippen LogP contribution in [0.2, 0.25) is 0 Å². The van der Waals surface area contributed by atoms with Gasteiger partial charge in [-0.15, -0.1) is 11.6 Å². The van der Waals surface area contributed by atoms with Gasteiger partial charge in [-0.1, -0.05) is 12.5 Å². The van der Waals surface area contributed by atoms with Crippen LogP contribution in [0.5, 0.6) is 0 Å². The predicted octanol–water partition coefficient (Wildman–Crippen LogP) is 2.77. The lowest BCUT2D eigenvalue weighted by Gasteiger charge is -2.17. The van der Waals surface area contributed by atoms with Crippen molar-refractivity contribution in [3.8, 4) is 0 Å². The van der Waals surface area contributed by atoms with E-state index in [1.807, 2.05) is 19.1 Å². The molecule has 1 fully saturated rings. The van der Waals surface area contributed by atoms with Gasteiger partial charge in [-0.3, -0.25) is 4.79 Å². The van der Waals surface area contributed by atoms with Crippen LogP contribution in [0, 0.1) is 18.8 Å². The molecule has 0 radical (unpaired) electrons. The summed E-state index contributed by atoms with van der Waals surface area (Å²) in [6.45, 7) is 2.60. The highest BCUT2D eigenvalue weighted by molar-refractivity contribution is 6.18. The molecule has 4 heteroatoms. The zero-order chi connectivity index (χ0) is 13.0. The van der Waals surface area contributed by atoms with Crippen molar-refractivity contribution in [2.45, 2.75) is 26.2 Å². The molecule has 1 aliphatic carbocycles. The Morgan fingerprint density at radius 2 is 2.22 bits per heavy atom. The number of rotatable bonds is 4. The number of carbonyl (C=O) groups is 1. The zero-order valence-electron chi connectivity index (χ0n) is 10.7. The van der Waals surface area contributed by atoms with Crippen LogP contribution in [-0.4, -0.2) is 23.3 Å². The second kappa shape index (κ2) is 6.19. The summed E-state index contributed by atoms with van der Waals surface area (Å²) in [5, 5.41) is 2.97. The standard InChI is InChI=1S/C14H19ClN2O/c1-10-4-2-7-13(17-10)14(18)16-9-12-6-3-5-11(12)8-15/h2,4,7,11-12H,3,5-6,8-9H2,1H3,(H,16,18). The summed E-state index contributed by atoms with van der Waals surface area (Å²) in [5.41, 5.74) is 1.36. The van der Waals surface area contributed by atoms with Gasteiger partial charge in [0, 0.05) is 18.1 Å². The van der Waals surface area contributed by atoms with Gasteiger partial charge in [-0.05, 0) is 43.7 Å². The molecule has 1 N–H and O–H groups in total. The number of nitrogens with zero attached hydrogens (tertiary/aromatic N) is 1. The van der Waals surface area contributed by atoms with Gasteiger partial charge in [0.15, 0.2) is 0 Å². The third-order valence-corrected chi connectivity index (χ3v) is 4.06. The molecule has 98 valence electrons. The highest BCUT2D eigenvalue weighted by atomic mass is 35.5. The fourth-order valence-corrected chi connectivity index (χ4v) is 2.98. The van der Waals surface area contributed by atoms with E-state index < -0.39 is 0 Å². The van der Waals surface area contributed by atoms with Crippen LogP contribution in [0.15, 0.2) is 18.2 Å². The minimum Gasteiger partial charge on any atom is -0.350 e. The SMILES string of the molecule is Cc1cccc(C(=O)NCC2CCCC2CCl)n1. The van der Waals surface area contributed by atoms with Gasteiger partial charge in [0.25, 0.3) is 5.91 Å². The fraction of sp³-hybridized carbons (Fsp3) is 0.571. The van der Waals surface area contributed by atoms with E-state index in [2.05, 4.69) is 10.3 Å². The number of nitrogens with one attached hydrogen (secondary N) is 1. The van der Waals surface area contributed by atoms with Gasteiger partial charge in [0.2, 0.25) is 0 Å². The lowest BCUT2D eigenvalue weighted by Crippen LogP contribution is -2.31. The molecular weight excluding hydrogens is 248 g/mol. The summed E-state index contributed by atoms with van der Waals surface area (Å²) in [6, 6.07) is 5.49. The van der Waals surface area contributed by atoms with Gasteiger partial charge < -0.3 is 5.32 Å². The Morgan fingerprint density at radius 1 is 1.44 bits per heavy atom. The van der Waals surface area contributed by atoms with E-state index in [9.17, 15) is 4.79 Å². The number of hydrogen-bond acceptors (Lipinski definition) is 2. The molecule has 0 bridgehead atoms. The molecule has 1 saturated carbocycles. The normalized spacial score (nSPS) is 23.0. The molecule has 0 aliphatic heterocycles. The lowest BCUT2D eigenvalue weighted by molar-refractivity contribution is 0.0939. The van der Waals surface area contributed by atoms with E-state index >= 15 is 0 Å². The lowest BCUT2D eigenvalue weighted by atomic mass is 9.98. The minimum atomic E-state index is -0.0843. The number of carbonyl (C=O) groups excluding carboxylic acids is 1. The Morgan fingerprint density at radius 3 is 2.94 bits per heavy atom. The van der Waals surface area contributed by atoms with E-state index in [-0.39, 0.29) is 5.91 Å². The van der Waals surface area contributed by atoms with Crippen LogP contribution in [0.1, 0.15) is 35.4 Å². The van der Waals surface area contributed by atoms with Gasteiger partial charge in [-0.2, -0.15) is 0 Å². The topological polar surface area (TPSA) is 42.0 Å². The van der Waals surface area contributed by atoms with Crippen molar-refractivity contribution < 1.29 is 4.79 Å². The number of halogens is 1. The molecule has 1 aromatic rings. The third kappa shape index (κ3) is 3.22. The smallest absolute Gasteiger partial charge is 0.269 e. The van der Waals surface area contributed by atoms with Crippen LogP contribution in [0.3, 0.4) is 0 Å². The van der Waals surface area contributed by atoms with Crippen molar-refractivity contribution in [3.63, 3.8) is 0 Å². The Bertz CT molecular complexity index is 422. The molecule has 1 amide bonds. The van der Waals surface area contributed by atoms with Crippen molar-refractivity contribution in [1.29, 1.82) is 0 Å². The first-order valence-corrected chi connectivity index (χ1v) is 7.02. The maximum Gasteiger partial charge on any atom is 0.269 e. The van der Waals surface area contributed by atoms with Crippen molar-refractivity contribution in [3.05, 3.63) is 29.6 Å². The molecule has 2 unspecified atom stereocenters. The summed E-state index contributed by atoms with van der Waals surface area (Å²) in [5.74, 6) is 1.69. The molecule has 0 aromatic carbocycles. The third-order valence-electron chi connectivity index (χ3n) is 3.66. The van der Waals surface area contributed by atoms with Crippen LogP contribution in [-0.2, 0) is 0 Å². The maximum atomic E-state index is 11.9. The predicted molar refractivity (Wildman–Crippen MR) is 72.9 cm³/mol. The number of alkyl halides is 1. The zero-order valence-corrected chi connectivity index (χ0v) is 11.4. The van der Waals surface area contributed by atoms with Gasteiger partial charge >= 0.3 is 0 Å². The van der Waals surface area contributed by atoms with Crippen molar-refractivity contribution in [1.82, 2.24) is 10.3 Å². The second-order valence-electron chi connectivity index (χ2n) is 4.98. The summed E-state index contributed by atoms with van der Waals surface area (Å²) >= 11 is 5.93. The van der Waals surface area contributed by atoms with E-state index in [1.165, 1.54) is 19.3 Å². The van der Waals surface area contributed by atoms with Crippen LogP contribution < -0.4 is 5.32 Å². The largest absolute Gasteiger partial charge is 0.350 e. The van der Waals surface area contributed by atoms with Gasteiger partial charge in [0.05, 0.1) is 0 Å². The van der Waals surface area contributed by atoms with Crippen molar-refractivity contribution in [2.24, 2.45) is 11.8 Å². The Balaban J connectivity index is 1.88. The molecule has 0 saturated heterocycles. The summed E-state index contributed by atoms with van der Waals surface area (Å²) < 4.78 is 0. The molecule has 1 heterocycles. The second-order valence-corrected chi connectivity index (χ2v) is 5.29. The Labute approximate surface area is 113 Å². The van der Waals surface area contributed by atoms with Gasteiger partial charge in [-0.25, -0.2) is 4.98 Å². The number of aryl methyl sites for hydroxylation is 1. The number of pyridine rings is 1. The van der Waals surface area contributed by atoms with Crippen LogP contribution in [0.25, 0.3) is 0 Å². The number of hydrogen-bond donors (Lipinski definition) is 1.